The molecular weight excluding hydrogens is 378 g/mol. The molecule has 1 fully saturated rings. The zero-order valence-corrected chi connectivity index (χ0v) is 17.4. The number of carbonyl (C=O) groups is 1. The van der Waals surface area contributed by atoms with E-state index in [4.69, 9.17) is 4.74 Å². The van der Waals surface area contributed by atoms with E-state index in [-0.39, 0.29) is 0 Å². The van der Waals surface area contributed by atoms with Gasteiger partial charge in [0.25, 0.3) is 0 Å². The predicted molar refractivity (Wildman–Crippen MR) is 118 cm³/mol. The average Bonchev–Trinajstić information content (AvgIpc) is 3.07. The summed E-state index contributed by atoms with van der Waals surface area (Å²) >= 11 is 0. The molecule has 0 saturated carbocycles. The monoisotopic (exact) mass is 407 g/mol. The number of ether oxygens (including phenoxy) is 1. The molecule has 6 nitrogen and oxygen atoms in total. The summed E-state index contributed by atoms with van der Waals surface area (Å²) in [5.41, 5.74) is 4.49. The molecule has 1 aliphatic heterocycles. The van der Waals surface area contributed by atoms with Crippen molar-refractivity contribution in [3.05, 3.63) is 70.9 Å². The van der Waals surface area contributed by atoms with Crippen molar-refractivity contribution in [1.82, 2.24) is 14.8 Å². The molecule has 0 spiro atoms. The second-order valence-electron chi connectivity index (χ2n) is 7.79. The lowest BCUT2D eigenvalue weighted by atomic mass is 10.1. The van der Waals surface area contributed by atoms with Crippen LogP contribution in [0.3, 0.4) is 0 Å². The molecule has 2 aromatic carbocycles. The number of carboxylic acid groups (broad SMARTS) is 1. The minimum atomic E-state index is -0.884. The minimum Gasteiger partial charge on any atom is -0.477 e. The van der Waals surface area contributed by atoms with Crippen molar-refractivity contribution >= 4 is 16.9 Å². The highest BCUT2D eigenvalue weighted by Crippen LogP contribution is 2.28. The molecule has 158 valence electrons. The lowest BCUT2D eigenvalue weighted by Crippen LogP contribution is -2.40. The van der Waals surface area contributed by atoms with Crippen LogP contribution >= 0.6 is 0 Å². The number of benzene rings is 2. The highest BCUT2D eigenvalue weighted by Gasteiger charge is 2.22. The predicted octanol–water partition coefficient (Wildman–Crippen LogP) is 3.12. The smallest absolute Gasteiger partial charge is 0.352 e. The minimum absolute atomic E-state index is 0.373. The molecule has 1 aliphatic rings. The Morgan fingerprint density at radius 3 is 2.60 bits per heavy atom. The Morgan fingerprint density at radius 1 is 1.10 bits per heavy atom. The van der Waals surface area contributed by atoms with Crippen molar-refractivity contribution in [2.45, 2.75) is 20.0 Å². The number of aromatic nitrogens is 1. The molecule has 1 aromatic heterocycles. The van der Waals surface area contributed by atoms with Crippen molar-refractivity contribution in [1.29, 1.82) is 0 Å². The van der Waals surface area contributed by atoms with Gasteiger partial charge in [-0.2, -0.15) is 0 Å². The van der Waals surface area contributed by atoms with E-state index >= 15 is 0 Å². The molecule has 2 N–H and O–H groups in total. The summed E-state index contributed by atoms with van der Waals surface area (Å²) < 4.78 is 7.34. The summed E-state index contributed by atoms with van der Waals surface area (Å²) in [5.74, 6) is -0.884. The summed E-state index contributed by atoms with van der Waals surface area (Å²) in [6, 6.07) is 16.1. The highest BCUT2D eigenvalue weighted by atomic mass is 16.5. The lowest BCUT2D eigenvalue weighted by Gasteiger charge is -2.26. The Hall–Kier alpha value is -2.67. The summed E-state index contributed by atoms with van der Waals surface area (Å²) in [6.07, 6.45) is 0. The van der Waals surface area contributed by atoms with Gasteiger partial charge < -0.3 is 19.7 Å². The van der Waals surface area contributed by atoms with E-state index in [1.807, 2.05) is 41.0 Å². The SMILES string of the molecule is Cc1ccccc1Cn1c(C(=O)O)c(CNCCN2CCOCC2)c2ccccc21. The molecule has 1 saturated heterocycles. The van der Waals surface area contributed by atoms with Gasteiger partial charge in [0.05, 0.1) is 13.2 Å². The van der Waals surface area contributed by atoms with E-state index in [2.05, 4.69) is 29.3 Å². The van der Waals surface area contributed by atoms with Gasteiger partial charge >= 0.3 is 5.97 Å². The summed E-state index contributed by atoms with van der Waals surface area (Å²) in [5, 5.41) is 14.6. The van der Waals surface area contributed by atoms with Crippen LogP contribution in [-0.2, 0) is 17.8 Å². The Balaban J connectivity index is 1.59. The van der Waals surface area contributed by atoms with Crippen molar-refractivity contribution in [2.24, 2.45) is 0 Å². The van der Waals surface area contributed by atoms with Crippen LogP contribution in [0, 0.1) is 6.92 Å². The van der Waals surface area contributed by atoms with Gasteiger partial charge in [-0.25, -0.2) is 4.79 Å². The van der Waals surface area contributed by atoms with E-state index in [0.717, 1.165) is 67.0 Å². The number of aryl methyl sites for hydroxylation is 1. The van der Waals surface area contributed by atoms with Gasteiger partial charge in [-0.1, -0.05) is 42.5 Å². The number of fused-ring (bicyclic) bond motifs is 1. The van der Waals surface area contributed by atoms with E-state index < -0.39 is 5.97 Å². The first-order chi connectivity index (χ1) is 14.6. The first kappa shape index (κ1) is 20.6. The number of aromatic carboxylic acids is 1. The topological polar surface area (TPSA) is 66.7 Å². The quantitative estimate of drug-likeness (QED) is 0.562. The molecule has 30 heavy (non-hydrogen) atoms. The standard InChI is InChI=1S/C24H29N3O3/c1-18-6-2-3-7-19(18)17-27-22-9-5-4-8-20(22)21(23(27)24(28)29)16-25-10-11-26-12-14-30-15-13-26/h2-9,25H,10-17H2,1H3,(H,28,29). The van der Waals surface area contributed by atoms with Gasteiger partial charge in [-0.3, -0.25) is 4.90 Å². The summed E-state index contributed by atoms with van der Waals surface area (Å²) in [7, 11) is 0. The average molecular weight is 408 g/mol. The number of para-hydroxylation sites is 1. The molecular formula is C24H29N3O3. The van der Waals surface area contributed by atoms with Crippen LogP contribution in [0.5, 0.6) is 0 Å². The summed E-state index contributed by atoms with van der Waals surface area (Å²) in [4.78, 5) is 14.7. The van der Waals surface area contributed by atoms with Gasteiger partial charge in [-0.05, 0) is 24.1 Å². The fourth-order valence-electron chi connectivity index (χ4n) is 4.20. The fourth-order valence-corrected chi connectivity index (χ4v) is 4.20. The highest BCUT2D eigenvalue weighted by molar-refractivity contribution is 5.98. The fraction of sp³-hybridized carbons (Fsp3) is 0.375. The molecule has 0 unspecified atom stereocenters. The molecule has 3 aromatic rings. The van der Waals surface area contributed by atoms with Crippen LogP contribution in [-0.4, -0.2) is 59.9 Å². The molecule has 0 radical (unpaired) electrons. The van der Waals surface area contributed by atoms with Crippen LogP contribution in [0.25, 0.3) is 10.9 Å². The van der Waals surface area contributed by atoms with Gasteiger partial charge in [0.15, 0.2) is 0 Å². The van der Waals surface area contributed by atoms with Crippen molar-refractivity contribution < 1.29 is 14.6 Å². The van der Waals surface area contributed by atoms with E-state index in [1.165, 1.54) is 0 Å². The molecule has 0 aliphatic carbocycles. The van der Waals surface area contributed by atoms with Crippen molar-refractivity contribution in [3.63, 3.8) is 0 Å². The number of morpholine rings is 1. The molecule has 0 atom stereocenters. The lowest BCUT2D eigenvalue weighted by molar-refractivity contribution is 0.0384. The van der Waals surface area contributed by atoms with E-state index in [0.29, 0.717) is 18.8 Å². The third-order valence-corrected chi connectivity index (χ3v) is 5.88. The number of rotatable bonds is 8. The van der Waals surface area contributed by atoms with Crippen molar-refractivity contribution in [3.8, 4) is 0 Å². The summed E-state index contributed by atoms with van der Waals surface area (Å²) in [6.45, 7) is 8.39. The zero-order valence-electron chi connectivity index (χ0n) is 17.4. The Labute approximate surface area is 177 Å². The Bertz CT molecular complexity index is 1020. The maximum atomic E-state index is 12.3. The molecule has 6 heteroatoms. The largest absolute Gasteiger partial charge is 0.477 e. The molecule has 0 bridgehead atoms. The number of nitrogens with zero attached hydrogens (tertiary/aromatic N) is 2. The maximum absolute atomic E-state index is 12.3. The van der Waals surface area contributed by atoms with E-state index in [1.54, 1.807) is 0 Å². The first-order valence-electron chi connectivity index (χ1n) is 10.5. The second-order valence-corrected chi connectivity index (χ2v) is 7.79. The molecule has 0 amide bonds. The normalized spacial score (nSPS) is 15.0. The second kappa shape index (κ2) is 9.43. The number of hydrogen-bond donors (Lipinski definition) is 2. The number of carboxylic acids is 1. The third-order valence-electron chi connectivity index (χ3n) is 5.88. The van der Waals surface area contributed by atoms with Gasteiger partial charge in [0.2, 0.25) is 0 Å². The van der Waals surface area contributed by atoms with E-state index in [9.17, 15) is 9.90 Å². The number of hydrogen-bond acceptors (Lipinski definition) is 4. The third kappa shape index (κ3) is 4.41. The van der Waals surface area contributed by atoms with Gasteiger partial charge in [0.1, 0.15) is 5.69 Å². The number of nitrogens with one attached hydrogen (secondary N) is 1. The van der Waals surface area contributed by atoms with Crippen molar-refractivity contribution in [2.75, 3.05) is 39.4 Å². The van der Waals surface area contributed by atoms with Crippen LogP contribution in [0.2, 0.25) is 0 Å². The van der Waals surface area contributed by atoms with Crippen LogP contribution < -0.4 is 5.32 Å². The van der Waals surface area contributed by atoms with Gasteiger partial charge in [-0.15, -0.1) is 0 Å². The first-order valence-corrected chi connectivity index (χ1v) is 10.5. The Kier molecular flexibility index (Phi) is 6.47. The Morgan fingerprint density at radius 2 is 1.83 bits per heavy atom. The maximum Gasteiger partial charge on any atom is 0.352 e. The molecule has 4 rings (SSSR count). The van der Waals surface area contributed by atoms with Crippen LogP contribution in [0.4, 0.5) is 0 Å². The van der Waals surface area contributed by atoms with Crippen LogP contribution in [0.15, 0.2) is 48.5 Å². The molecule has 2 heterocycles. The van der Waals surface area contributed by atoms with Gasteiger partial charge in [0, 0.05) is 55.7 Å². The zero-order chi connectivity index (χ0) is 20.9. The van der Waals surface area contributed by atoms with Crippen LogP contribution in [0.1, 0.15) is 27.2 Å².